The molecule has 0 unspecified atom stereocenters. The fraction of sp³-hybridized carbons (Fsp3) is 0.207. The van der Waals surface area contributed by atoms with E-state index in [-0.39, 0.29) is 29.4 Å². The topological polar surface area (TPSA) is 104 Å². The van der Waals surface area contributed by atoms with E-state index in [0.717, 1.165) is 23.2 Å². The van der Waals surface area contributed by atoms with Gasteiger partial charge in [-0.2, -0.15) is 5.26 Å². The van der Waals surface area contributed by atoms with E-state index < -0.39 is 11.9 Å². The second-order valence-corrected chi connectivity index (χ2v) is 9.14. The summed E-state index contributed by atoms with van der Waals surface area (Å²) in [7, 11) is 0. The van der Waals surface area contributed by atoms with Crippen LogP contribution in [0.5, 0.6) is 0 Å². The van der Waals surface area contributed by atoms with Crippen LogP contribution in [0.25, 0.3) is 5.70 Å². The Morgan fingerprint density at radius 2 is 1.84 bits per heavy atom. The molecule has 2 N–H and O–H groups in total. The Hall–Kier alpha value is -4.22. The number of amides is 1. The van der Waals surface area contributed by atoms with Gasteiger partial charge in [-0.15, -0.1) is 0 Å². The summed E-state index contributed by atoms with van der Waals surface area (Å²) < 4.78 is 11.1. The molecule has 0 saturated carbocycles. The largest absolute Gasteiger partial charge is 0.468 e. The number of allylic oxidation sites excluding steroid dienone is 1. The van der Waals surface area contributed by atoms with Gasteiger partial charge in [-0.05, 0) is 42.7 Å². The second kappa shape index (κ2) is 12.2. The molecule has 0 aliphatic carbocycles. The zero-order valence-electron chi connectivity index (χ0n) is 20.6. The second-order valence-electron chi connectivity index (χ2n) is 8.15. The van der Waals surface area contributed by atoms with Crippen molar-refractivity contribution < 1.29 is 18.7 Å². The molecule has 0 spiro atoms. The van der Waals surface area contributed by atoms with Crippen LogP contribution in [0.3, 0.4) is 0 Å². The van der Waals surface area contributed by atoms with Gasteiger partial charge < -0.3 is 19.8 Å². The van der Waals surface area contributed by atoms with Gasteiger partial charge in [-0.1, -0.05) is 67.2 Å². The fourth-order valence-corrected chi connectivity index (χ4v) is 5.01. The highest BCUT2D eigenvalue weighted by Crippen LogP contribution is 2.43. The molecule has 2 heterocycles. The monoisotopic (exact) mass is 513 g/mol. The molecule has 7 nitrogen and oxygen atoms in total. The maximum Gasteiger partial charge on any atom is 0.337 e. The molecular weight excluding hydrogens is 486 g/mol. The van der Waals surface area contributed by atoms with E-state index in [0.29, 0.717) is 16.5 Å². The first kappa shape index (κ1) is 25.9. The summed E-state index contributed by atoms with van der Waals surface area (Å²) in [4.78, 5) is 26.1. The Morgan fingerprint density at radius 3 is 2.51 bits per heavy atom. The predicted octanol–water partition coefficient (Wildman–Crippen LogP) is 5.61. The number of carbonyl (C=O) groups excluding carboxylic acids is 2. The average Bonchev–Trinajstić information content (AvgIpc) is 3.46. The Bertz CT molecular complexity index is 1370. The summed E-state index contributed by atoms with van der Waals surface area (Å²) in [6, 6.07) is 22.7. The third kappa shape index (κ3) is 5.79. The molecular formula is C29H27N3O4S. The fourth-order valence-electron chi connectivity index (χ4n) is 4.17. The first-order valence-electron chi connectivity index (χ1n) is 12.0. The number of rotatable bonds is 9. The molecule has 0 radical (unpaired) electrons. The van der Waals surface area contributed by atoms with Gasteiger partial charge >= 0.3 is 5.97 Å². The summed E-state index contributed by atoms with van der Waals surface area (Å²) >= 11 is 1.20. The lowest BCUT2D eigenvalue weighted by Crippen LogP contribution is -2.29. The van der Waals surface area contributed by atoms with E-state index in [2.05, 4.69) is 16.7 Å². The maximum atomic E-state index is 13.2. The number of thioether (sulfide) groups is 1. The van der Waals surface area contributed by atoms with Crippen molar-refractivity contribution in [3.8, 4) is 6.07 Å². The number of hydrogen-bond donors (Lipinski definition) is 2. The number of benzene rings is 2. The van der Waals surface area contributed by atoms with Crippen molar-refractivity contribution in [2.45, 2.75) is 26.2 Å². The van der Waals surface area contributed by atoms with Gasteiger partial charge in [0, 0.05) is 5.69 Å². The summed E-state index contributed by atoms with van der Waals surface area (Å²) in [5, 5.41) is 16.9. The van der Waals surface area contributed by atoms with Crippen LogP contribution in [-0.2, 0) is 20.7 Å². The van der Waals surface area contributed by atoms with Gasteiger partial charge in [-0.25, -0.2) is 4.79 Å². The first-order chi connectivity index (χ1) is 18.1. The molecule has 3 aromatic rings. The van der Waals surface area contributed by atoms with E-state index >= 15 is 0 Å². The average molecular weight is 514 g/mol. The van der Waals surface area contributed by atoms with Crippen LogP contribution < -0.4 is 10.6 Å². The molecule has 0 bridgehead atoms. The van der Waals surface area contributed by atoms with Gasteiger partial charge in [0.2, 0.25) is 5.91 Å². The van der Waals surface area contributed by atoms with Gasteiger partial charge in [-0.3, -0.25) is 4.79 Å². The molecule has 1 atom stereocenters. The van der Waals surface area contributed by atoms with Crippen LogP contribution >= 0.6 is 11.8 Å². The number of anilines is 1. The third-order valence-corrected chi connectivity index (χ3v) is 6.87. The van der Waals surface area contributed by atoms with Crippen molar-refractivity contribution in [2.75, 3.05) is 17.7 Å². The Labute approximate surface area is 220 Å². The summed E-state index contributed by atoms with van der Waals surface area (Å²) in [5.74, 6) is -1.03. The summed E-state index contributed by atoms with van der Waals surface area (Å²) in [6.07, 6.45) is 2.30. The van der Waals surface area contributed by atoms with Gasteiger partial charge in [0.05, 0.1) is 52.5 Å². The normalized spacial score (nSPS) is 15.1. The van der Waals surface area contributed by atoms with Crippen molar-refractivity contribution >= 4 is 35.0 Å². The number of dihydropyridines is 1. The highest BCUT2D eigenvalue weighted by Gasteiger charge is 2.38. The lowest BCUT2D eigenvalue weighted by atomic mass is 9.84. The maximum absolute atomic E-state index is 13.2. The van der Waals surface area contributed by atoms with Crippen molar-refractivity contribution in [2.24, 2.45) is 0 Å². The van der Waals surface area contributed by atoms with Crippen LogP contribution in [0.15, 0.2) is 93.6 Å². The van der Waals surface area contributed by atoms with Crippen molar-refractivity contribution in [3.05, 3.63) is 106 Å². The van der Waals surface area contributed by atoms with Crippen LogP contribution in [0.1, 0.15) is 36.7 Å². The lowest BCUT2D eigenvalue weighted by molar-refractivity contribution is -0.138. The van der Waals surface area contributed by atoms with E-state index in [1.807, 2.05) is 61.5 Å². The number of nitrogens with one attached hydrogen (secondary N) is 2. The Kier molecular flexibility index (Phi) is 8.49. The number of furan rings is 1. The van der Waals surface area contributed by atoms with Gasteiger partial charge in [0.25, 0.3) is 0 Å². The molecule has 37 heavy (non-hydrogen) atoms. The minimum absolute atomic E-state index is 0.0627. The van der Waals surface area contributed by atoms with Crippen LogP contribution in [0.2, 0.25) is 0 Å². The quantitative estimate of drug-likeness (QED) is 0.358. The molecule has 0 saturated heterocycles. The van der Waals surface area contributed by atoms with Crippen LogP contribution in [-0.4, -0.2) is 24.2 Å². The molecule has 0 fully saturated rings. The van der Waals surface area contributed by atoms with Crippen LogP contribution in [0, 0.1) is 11.3 Å². The molecule has 1 amide bonds. The minimum atomic E-state index is -0.790. The van der Waals surface area contributed by atoms with Gasteiger partial charge in [0.15, 0.2) is 0 Å². The summed E-state index contributed by atoms with van der Waals surface area (Å²) in [6.45, 7) is 3.95. The van der Waals surface area contributed by atoms with E-state index in [9.17, 15) is 14.9 Å². The highest BCUT2D eigenvalue weighted by molar-refractivity contribution is 8.03. The zero-order valence-corrected chi connectivity index (χ0v) is 21.4. The SMILES string of the molecule is CCOC(=O)C1=C(c2ccccc2)NC(SCC(=O)Nc2ccccc2CC)=C(C#N)[C@H]1c1ccco1. The van der Waals surface area contributed by atoms with Gasteiger partial charge in [0.1, 0.15) is 5.76 Å². The number of para-hydroxylation sites is 1. The minimum Gasteiger partial charge on any atom is -0.468 e. The molecule has 2 aromatic carbocycles. The molecule has 8 heteroatoms. The number of aryl methyl sites for hydroxylation is 1. The first-order valence-corrected chi connectivity index (χ1v) is 13.0. The number of esters is 1. The molecule has 188 valence electrons. The van der Waals surface area contributed by atoms with Crippen molar-refractivity contribution in [3.63, 3.8) is 0 Å². The number of nitrogens with zero attached hydrogens (tertiary/aromatic N) is 1. The Morgan fingerprint density at radius 1 is 1.08 bits per heavy atom. The smallest absolute Gasteiger partial charge is 0.337 e. The molecule has 1 aliphatic rings. The number of carbonyl (C=O) groups is 2. The number of nitriles is 1. The number of hydrogen-bond acceptors (Lipinski definition) is 7. The highest BCUT2D eigenvalue weighted by atomic mass is 32.2. The van der Waals surface area contributed by atoms with E-state index in [1.54, 1.807) is 19.1 Å². The number of ether oxygens (including phenoxy) is 1. The van der Waals surface area contributed by atoms with E-state index in [1.165, 1.54) is 18.0 Å². The molecule has 4 rings (SSSR count). The standard InChI is InChI=1S/C29H27N3O4S/c1-3-19-11-8-9-14-22(19)31-24(33)18-37-28-21(17-30)25(23-15-10-16-36-23)26(29(34)35-4-2)27(32-28)20-12-6-5-7-13-20/h5-16,25,32H,3-4,18H2,1-2H3,(H,31,33)/t25-/m0/s1. The third-order valence-electron chi connectivity index (χ3n) is 5.86. The summed E-state index contributed by atoms with van der Waals surface area (Å²) in [5.41, 5.74) is 3.64. The van der Waals surface area contributed by atoms with E-state index in [4.69, 9.17) is 9.15 Å². The molecule has 1 aliphatic heterocycles. The van der Waals surface area contributed by atoms with Crippen molar-refractivity contribution in [1.82, 2.24) is 5.32 Å². The zero-order chi connectivity index (χ0) is 26.2. The Balaban J connectivity index is 1.71. The lowest BCUT2D eigenvalue weighted by Gasteiger charge is -2.29. The van der Waals surface area contributed by atoms with Crippen molar-refractivity contribution in [1.29, 1.82) is 5.26 Å². The predicted molar refractivity (Wildman–Crippen MR) is 144 cm³/mol. The molecule has 1 aromatic heterocycles. The van der Waals surface area contributed by atoms with Crippen LogP contribution in [0.4, 0.5) is 5.69 Å².